The van der Waals surface area contributed by atoms with Crippen molar-refractivity contribution in [1.82, 2.24) is 4.90 Å². The Hall–Kier alpha value is -3.14. The largest absolute Gasteiger partial charge is 0.478 e. The van der Waals surface area contributed by atoms with Gasteiger partial charge in [0.2, 0.25) is 0 Å². The van der Waals surface area contributed by atoms with Crippen molar-refractivity contribution in [2.24, 2.45) is 23.7 Å². The number of amides is 1. The van der Waals surface area contributed by atoms with Crippen LogP contribution in [0.15, 0.2) is 36.4 Å². The van der Waals surface area contributed by atoms with E-state index in [0.29, 0.717) is 36.5 Å². The molecule has 44 heavy (non-hydrogen) atoms. The molecule has 10 heteroatoms. The number of hydrogen-bond acceptors (Lipinski definition) is 4. The molecule has 238 valence electrons. The Morgan fingerprint density at radius 3 is 2.48 bits per heavy atom. The predicted octanol–water partition coefficient (Wildman–Crippen LogP) is 7.80. The van der Waals surface area contributed by atoms with E-state index in [0.717, 1.165) is 63.0 Å². The average molecular weight is 618 g/mol. The first-order chi connectivity index (χ1) is 21.0. The summed E-state index contributed by atoms with van der Waals surface area (Å²) in [5.74, 6) is -1.15. The lowest BCUT2D eigenvalue weighted by Gasteiger charge is -2.45. The van der Waals surface area contributed by atoms with E-state index in [1.54, 1.807) is 12.1 Å². The van der Waals surface area contributed by atoms with E-state index >= 15 is 0 Å². The van der Waals surface area contributed by atoms with Crippen molar-refractivity contribution < 1.29 is 41.7 Å². The third kappa shape index (κ3) is 6.06. The second-order valence-corrected chi connectivity index (χ2v) is 13.3. The third-order valence-corrected chi connectivity index (χ3v) is 10.4. The molecule has 5 atom stereocenters. The summed E-state index contributed by atoms with van der Waals surface area (Å²) in [7, 11) is 0. The Balaban J connectivity index is 1.14. The highest BCUT2D eigenvalue weighted by molar-refractivity contribution is 5.88. The van der Waals surface area contributed by atoms with Gasteiger partial charge in [-0.05, 0) is 97.9 Å². The molecule has 1 saturated heterocycles. The van der Waals surface area contributed by atoms with Gasteiger partial charge in [0, 0.05) is 5.56 Å². The number of hydrogen-bond donors (Lipinski definition) is 1. The fourth-order valence-corrected chi connectivity index (χ4v) is 7.92. The Bertz CT molecular complexity index is 1400. The molecule has 2 heterocycles. The zero-order valence-electron chi connectivity index (χ0n) is 24.9. The second-order valence-electron chi connectivity index (χ2n) is 13.3. The first-order valence-electron chi connectivity index (χ1n) is 15.7. The van der Waals surface area contributed by atoms with Crippen LogP contribution >= 0.6 is 0 Å². The molecule has 0 bridgehead atoms. The number of carboxylic acid groups (broad SMARTS) is 1. The van der Waals surface area contributed by atoms with Crippen molar-refractivity contribution in [3.63, 3.8) is 0 Å². The molecular weight excluding hydrogens is 578 g/mol. The van der Waals surface area contributed by atoms with Gasteiger partial charge >= 0.3 is 12.1 Å². The van der Waals surface area contributed by atoms with Crippen LogP contribution in [0.2, 0.25) is 0 Å². The SMILES string of the molecule is CC1CC([C@@H]2CC[C@@](C(=O)N3COc4c(F)cc(C(F)(F)F)cc4C3)(C3CC3)OC2)CCCC[C@@H]1c1cccc(C(=O)O)c1. The van der Waals surface area contributed by atoms with Crippen molar-refractivity contribution in [3.8, 4) is 5.75 Å². The van der Waals surface area contributed by atoms with Gasteiger partial charge in [-0.2, -0.15) is 13.2 Å². The lowest BCUT2D eigenvalue weighted by molar-refractivity contribution is -0.181. The molecule has 2 aromatic rings. The summed E-state index contributed by atoms with van der Waals surface area (Å²) >= 11 is 0. The van der Waals surface area contributed by atoms with Gasteiger partial charge in [-0.15, -0.1) is 0 Å². The monoisotopic (exact) mass is 617 g/mol. The fourth-order valence-electron chi connectivity index (χ4n) is 7.92. The molecule has 2 saturated carbocycles. The van der Waals surface area contributed by atoms with Gasteiger partial charge in [0.05, 0.1) is 24.3 Å². The summed E-state index contributed by atoms with van der Waals surface area (Å²) in [5.41, 5.74) is -0.758. The zero-order chi connectivity index (χ0) is 31.2. The van der Waals surface area contributed by atoms with Crippen molar-refractivity contribution in [2.45, 2.75) is 89.0 Å². The third-order valence-electron chi connectivity index (χ3n) is 10.4. The number of carbonyl (C=O) groups excluding carboxylic acids is 1. The van der Waals surface area contributed by atoms with Gasteiger partial charge in [0.25, 0.3) is 5.91 Å². The highest BCUT2D eigenvalue weighted by Crippen LogP contribution is 2.51. The lowest BCUT2D eigenvalue weighted by Crippen LogP contribution is -2.56. The number of alkyl halides is 3. The van der Waals surface area contributed by atoms with Crippen LogP contribution in [0.25, 0.3) is 0 Å². The van der Waals surface area contributed by atoms with E-state index in [9.17, 15) is 32.3 Å². The van der Waals surface area contributed by atoms with E-state index in [4.69, 9.17) is 9.47 Å². The van der Waals surface area contributed by atoms with Gasteiger partial charge in [-0.3, -0.25) is 4.79 Å². The molecular formula is C34H39F4NO5. The first kappa shape index (κ1) is 30.9. The Labute approximate surface area is 254 Å². The number of halogens is 4. The molecule has 6 nitrogen and oxygen atoms in total. The number of aromatic carboxylic acids is 1. The second kappa shape index (κ2) is 12.0. The minimum absolute atomic E-state index is 0.00325. The number of rotatable bonds is 5. The molecule has 1 amide bonds. The van der Waals surface area contributed by atoms with Crippen LogP contribution in [0.5, 0.6) is 5.75 Å². The standard InChI is InChI=1S/C34H39F4NO5/c1-20-13-21(5-2-3-8-28(20)22-6-4-7-23(14-22)31(40)41)24-11-12-33(44-18-24,26-9-10-26)32(42)39-17-25-15-27(34(36,37)38)16-29(35)30(25)43-19-39/h4,6-7,14-16,20-21,24,26,28H,2-3,5,8-13,17-19H2,1H3,(H,40,41)/t20?,21?,24-,28+,33+/m1/s1. The normalized spacial score (nSPS) is 29.6. The van der Waals surface area contributed by atoms with E-state index in [-0.39, 0.29) is 48.2 Å². The van der Waals surface area contributed by atoms with E-state index < -0.39 is 29.1 Å². The summed E-state index contributed by atoms with van der Waals surface area (Å²) in [6.07, 6.45) is 3.58. The molecule has 0 spiro atoms. The topological polar surface area (TPSA) is 76.1 Å². The maximum Gasteiger partial charge on any atom is 0.416 e. The maximum absolute atomic E-state index is 14.5. The van der Waals surface area contributed by atoms with Gasteiger partial charge < -0.3 is 19.5 Å². The van der Waals surface area contributed by atoms with E-state index in [1.807, 2.05) is 12.1 Å². The van der Waals surface area contributed by atoms with E-state index in [1.165, 1.54) is 4.90 Å². The number of fused-ring (bicyclic) bond motifs is 1. The Morgan fingerprint density at radius 2 is 1.80 bits per heavy atom. The van der Waals surface area contributed by atoms with E-state index in [2.05, 4.69) is 6.92 Å². The predicted molar refractivity (Wildman–Crippen MR) is 153 cm³/mol. The van der Waals surface area contributed by atoms with Crippen LogP contribution < -0.4 is 4.74 Å². The molecule has 0 radical (unpaired) electrons. The summed E-state index contributed by atoms with van der Waals surface area (Å²) in [6.45, 7) is 2.29. The summed E-state index contributed by atoms with van der Waals surface area (Å²) < 4.78 is 66.5. The average Bonchev–Trinajstić information content (AvgIpc) is 3.84. The van der Waals surface area contributed by atoms with Crippen LogP contribution in [-0.2, 0) is 22.3 Å². The van der Waals surface area contributed by atoms with Crippen molar-refractivity contribution in [3.05, 3.63) is 64.5 Å². The van der Waals surface area contributed by atoms with Crippen LogP contribution in [-0.4, -0.2) is 40.8 Å². The number of benzene rings is 2. The molecule has 2 aliphatic carbocycles. The quantitative estimate of drug-likeness (QED) is 0.347. The number of nitrogens with zero attached hydrogens (tertiary/aromatic N) is 1. The lowest BCUT2D eigenvalue weighted by atomic mass is 9.70. The summed E-state index contributed by atoms with van der Waals surface area (Å²) in [6, 6.07) is 8.58. The minimum atomic E-state index is -4.71. The van der Waals surface area contributed by atoms with Gasteiger partial charge in [-0.1, -0.05) is 38.3 Å². The molecule has 3 fully saturated rings. The highest BCUT2D eigenvalue weighted by atomic mass is 19.4. The van der Waals surface area contributed by atoms with Crippen molar-refractivity contribution in [2.75, 3.05) is 13.3 Å². The number of carbonyl (C=O) groups is 2. The molecule has 4 aliphatic rings. The van der Waals surface area contributed by atoms with Gasteiger partial charge in [0.1, 0.15) is 5.60 Å². The minimum Gasteiger partial charge on any atom is -0.478 e. The number of ether oxygens (including phenoxy) is 2. The molecule has 2 unspecified atom stereocenters. The first-order valence-corrected chi connectivity index (χ1v) is 15.7. The molecule has 2 aromatic carbocycles. The Morgan fingerprint density at radius 1 is 1.02 bits per heavy atom. The molecule has 6 rings (SSSR count). The van der Waals surface area contributed by atoms with Gasteiger partial charge in [0.15, 0.2) is 18.3 Å². The summed E-state index contributed by atoms with van der Waals surface area (Å²) in [5, 5.41) is 9.48. The fraction of sp³-hybridized carbons (Fsp3) is 0.588. The Kier molecular flexibility index (Phi) is 8.41. The molecule has 2 aliphatic heterocycles. The highest BCUT2D eigenvalue weighted by Gasteiger charge is 2.56. The molecule has 0 aromatic heterocycles. The van der Waals surface area contributed by atoms with Crippen LogP contribution in [0.4, 0.5) is 17.6 Å². The van der Waals surface area contributed by atoms with Crippen LogP contribution in [0, 0.1) is 29.5 Å². The maximum atomic E-state index is 14.5. The smallest absolute Gasteiger partial charge is 0.416 e. The van der Waals surface area contributed by atoms with Gasteiger partial charge in [-0.25, -0.2) is 9.18 Å². The summed E-state index contributed by atoms with van der Waals surface area (Å²) in [4.78, 5) is 26.9. The van der Waals surface area contributed by atoms with Crippen LogP contribution in [0.3, 0.4) is 0 Å². The number of carboxylic acids is 1. The van der Waals surface area contributed by atoms with Crippen molar-refractivity contribution >= 4 is 11.9 Å². The zero-order valence-corrected chi connectivity index (χ0v) is 24.9. The van der Waals surface area contributed by atoms with Crippen LogP contribution in [0.1, 0.15) is 97.7 Å². The van der Waals surface area contributed by atoms with Crippen molar-refractivity contribution in [1.29, 1.82) is 0 Å². The molecule has 1 N–H and O–H groups in total.